The third kappa shape index (κ3) is 5.81. The van der Waals surface area contributed by atoms with Gasteiger partial charge in [-0.2, -0.15) is 0 Å². The Labute approximate surface area is 191 Å². The molecule has 0 unspecified atom stereocenters. The third-order valence-electron chi connectivity index (χ3n) is 6.10. The highest BCUT2D eigenvalue weighted by Gasteiger charge is 2.39. The van der Waals surface area contributed by atoms with E-state index in [0.29, 0.717) is 49.1 Å². The van der Waals surface area contributed by atoms with Crippen LogP contribution >= 0.6 is 23.2 Å². The Bertz CT molecular complexity index is 829. The molecule has 3 rings (SSSR count). The molecular weight excluding hydrogens is 445 g/mol. The highest BCUT2D eigenvalue weighted by molar-refractivity contribution is 6.42. The standard InChI is InChI=1S/C21H27Cl2N3O5/c1-31-12-19(27)25-6-4-13(5-7-25)20(28)26-10-15(9-24-21(29)30)16(11-26)14-2-3-17(22)18(23)8-14/h2-3,8,13,15-16,24H,4-7,9-12H2,1H3,(H,29,30)/t15-,16-/m1/s1. The van der Waals surface area contributed by atoms with Crippen molar-refractivity contribution in [2.24, 2.45) is 11.8 Å². The van der Waals surface area contributed by atoms with Crippen LogP contribution < -0.4 is 5.32 Å². The van der Waals surface area contributed by atoms with Crippen molar-refractivity contribution < 1.29 is 24.2 Å². The third-order valence-corrected chi connectivity index (χ3v) is 6.84. The summed E-state index contributed by atoms with van der Waals surface area (Å²) in [7, 11) is 1.49. The van der Waals surface area contributed by atoms with Crippen molar-refractivity contribution in [3.05, 3.63) is 33.8 Å². The Morgan fingerprint density at radius 3 is 2.45 bits per heavy atom. The van der Waals surface area contributed by atoms with Crippen LogP contribution in [-0.4, -0.2) is 79.3 Å². The summed E-state index contributed by atoms with van der Waals surface area (Å²) in [6, 6.07) is 5.38. The Kier molecular flexibility index (Phi) is 8.02. The molecule has 31 heavy (non-hydrogen) atoms. The van der Waals surface area contributed by atoms with Gasteiger partial charge in [0.15, 0.2) is 0 Å². The number of methoxy groups -OCH3 is 1. The van der Waals surface area contributed by atoms with E-state index in [1.807, 2.05) is 11.0 Å². The maximum absolute atomic E-state index is 13.2. The lowest BCUT2D eigenvalue weighted by molar-refractivity contribution is -0.141. The van der Waals surface area contributed by atoms with Crippen LogP contribution in [0.4, 0.5) is 4.79 Å². The second-order valence-corrected chi connectivity index (χ2v) is 8.87. The molecule has 2 saturated heterocycles. The van der Waals surface area contributed by atoms with Crippen LogP contribution in [0.5, 0.6) is 0 Å². The van der Waals surface area contributed by atoms with Gasteiger partial charge in [-0.05, 0) is 30.5 Å². The van der Waals surface area contributed by atoms with Crippen LogP contribution in [0.15, 0.2) is 18.2 Å². The predicted octanol–water partition coefficient (Wildman–Crippen LogP) is 2.69. The molecule has 3 amide bonds. The summed E-state index contributed by atoms with van der Waals surface area (Å²) in [5.74, 6) is -0.266. The van der Waals surface area contributed by atoms with Crippen molar-refractivity contribution in [1.29, 1.82) is 0 Å². The van der Waals surface area contributed by atoms with Crippen LogP contribution in [0.2, 0.25) is 10.0 Å². The van der Waals surface area contributed by atoms with E-state index in [9.17, 15) is 14.4 Å². The molecule has 2 N–H and O–H groups in total. The molecule has 0 aliphatic carbocycles. The number of carboxylic acid groups (broad SMARTS) is 1. The first-order chi connectivity index (χ1) is 14.8. The molecule has 2 aliphatic heterocycles. The molecule has 0 spiro atoms. The average Bonchev–Trinajstić information content (AvgIpc) is 3.18. The topological polar surface area (TPSA) is 99.2 Å². The van der Waals surface area contributed by atoms with Crippen molar-refractivity contribution >= 4 is 41.1 Å². The Hall–Kier alpha value is -2.03. The van der Waals surface area contributed by atoms with Gasteiger partial charge in [-0.3, -0.25) is 9.59 Å². The van der Waals surface area contributed by atoms with Gasteiger partial charge in [0, 0.05) is 57.6 Å². The quantitative estimate of drug-likeness (QED) is 0.664. The molecule has 10 heteroatoms. The summed E-state index contributed by atoms with van der Waals surface area (Å²) in [6.07, 6.45) is 0.131. The molecule has 2 heterocycles. The lowest BCUT2D eigenvalue weighted by Crippen LogP contribution is -2.45. The van der Waals surface area contributed by atoms with Crippen LogP contribution in [0.1, 0.15) is 24.3 Å². The number of nitrogens with one attached hydrogen (secondary N) is 1. The van der Waals surface area contributed by atoms with Crippen LogP contribution in [-0.2, 0) is 14.3 Å². The number of halogens is 2. The minimum absolute atomic E-state index is 0.0473. The zero-order valence-corrected chi connectivity index (χ0v) is 18.9. The van der Waals surface area contributed by atoms with Gasteiger partial charge in [0.1, 0.15) is 6.61 Å². The molecule has 0 aromatic heterocycles. The first kappa shape index (κ1) is 23.6. The van der Waals surface area contributed by atoms with Crippen LogP contribution in [0.25, 0.3) is 0 Å². The number of carbonyl (C=O) groups excluding carboxylic acids is 2. The van der Waals surface area contributed by atoms with Crippen molar-refractivity contribution in [3.63, 3.8) is 0 Å². The summed E-state index contributed by atoms with van der Waals surface area (Å²) in [5, 5.41) is 12.4. The normalized spacial score (nSPS) is 21.9. The fourth-order valence-electron chi connectivity index (χ4n) is 4.45. The molecule has 0 radical (unpaired) electrons. The SMILES string of the molecule is COCC(=O)N1CCC(C(=O)N2C[C@@H](CNC(=O)O)[C@@H](c3ccc(Cl)c(Cl)c3)C2)CC1. The Morgan fingerprint density at radius 2 is 1.84 bits per heavy atom. The first-order valence-electron chi connectivity index (χ1n) is 10.3. The number of likely N-dealkylation sites (tertiary alicyclic amines) is 2. The number of benzene rings is 1. The fourth-order valence-corrected chi connectivity index (χ4v) is 4.75. The van der Waals surface area contributed by atoms with Gasteiger partial charge in [0.05, 0.1) is 10.0 Å². The van der Waals surface area contributed by atoms with Gasteiger partial charge in [-0.25, -0.2) is 4.79 Å². The first-order valence-corrected chi connectivity index (χ1v) is 11.0. The highest BCUT2D eigenvalue weighted by Crippen LogP contribution is 2.36. The van der Waals surface area contributed by atoms with E-state index in [4.69, 9.17) is 33.0 Å². The number of ether oxygens (including phenoxy) is 1. The number of hydrogen-bond acceptors (Lipinski definition) is 4. The van der Waals surface area contributed by atoms with Crippen molar-refractivity contribution in [2.45, 2.75) is 18.8 Å². The zero-order valence-electron chi connectivity index (χ0n) is 17.4. The average molecular weight is 472 g/mol. The van der Waals surface area contributed by atoms with E-state index in [1.54, 1.807) is 17.0 Å². The number of amides is 3. The maximum atomic E-state index is 13.2. The van der Waals surface area contributed by atoms with Crippen LogP contribution in [0, 0.1) is 11.8 Å². The van der Waals surface area contributed by atoms with Crippen molar-refractivity contribution in [3.8, 4) is 0 Å². The number of nitrogens with zero attached hydrogens (tertiary/aromatic N) is 2. The Morgan fingerprint density at radius 1 is 1.13 bits per heavy atom. The van der Waals surface area contributed by atoms with Gasteiger partial charge >= 0.3 is 6.09 Å². The van der Waals surface area contributed by atoms with E-state index in [-0.39, 0.29) is 42.7 Å². The van der Waals surface area contributed by atoms with E-state index >= 15 is 0 Å². The lowest BCUT2D eigenvalue weighted by Gasteiger charge is -2.33. The molecular formula is C21H27Cl2N3O5. The molecule has 8 nitrogen and oxygen atoms in total. The maximum Gasteiger partial charge on any atom is 0.404 e. The van der Waals surface area contributed by atoms with Gasteiger partial charge in [-0.1, -0.05) is 29.3 Å². The van der Waals surface area contributed by atoms with E-state index in [2.05, 4.69) is 5.32 Å². The molecule has 0 bridgehead atoms. The summed E-state index contributed by atoms with van der Waals surface area (Å²) >= 11 is 12.2. The predicted molar refractivity (Wildman–Crippen MR) is 116 cm³/mol. The van der Waals surface area contributed by atoms with Crippen molar-refractivity contribution in [2.75, 3.05) is 46.4 Å². The molecule has 1 aromatic rings. The lowest BCUT2D eigenvalue weighted by atomic mass is 9.89. The minimum Gasteiger partial charge on any atom is -0.465 e. The largest absolute Gasteiger partial charge is 0.465 e. The summed E-state index contributed by atoms with van der Waals surface area (Å²) in [6.45, 7) is 2.32. The highest BCUT2D eigenvalue weighted by atomic mass is 35.5. The van der Waals surface area contributed by atoms with Crippen LogP contribution in [0.3, 0.4) is 0 Å². The second kappa shape index (κ2) is 10.5. The molecule has 2 aliphatic rings. The molecule has 170 valence electrons. The minimum atomic E-state index is -1.09. The van der Waals surface area contributed by atoms with Gasteiger partial charge < -0.3 is 25.0 Å². The number of rotatable bonds is 6. The van der Waals surface area contributed by atoms with E-state index in [1.165, 1.54) is 7.11 Å². The summed E-state index contributed by atoms with van der Waals surface area (Å²) in [4.78, 5) is 39.8. The summed E-state index contributed by atoms with van der Waals surface area (Å²) < 4.78 is 4.90. The fraction of sp³-hybridized carbons (Fsp3) is 0.571. The van der Waals surface area contributed by atoms with E-state index < -0.39 is 6.09 Å². The van der Waals surface area contributed by atoms with E-state index in [0.717, 1.165) is 5.56 Å². The molecule has 2 atom stereocenters. The van der Waals surface area contributed by atoms with Gasteiger partial charge in [0.2, 0.25) is 11.8 Å². The smallest absolute Gasteiger partial charge is 0.404 e. The molecule has 1 aromatic carbocycles. The number of carbonyl (C=O) groups is 3. The van der Waals surface area contributed by atoms with Gasteiger partial charge in [0.25, 0.3) is 0 Å². The van der Waals surface area contributed by atoms with Gasteiger partial charge in [-0.15, -0.1) is 0 Å². The molecule has 2 fully saturated rings. The van der Waals surface area contributed by atoms with Crippen molar-refractivity contribution in [1.82, 2.24) is 15.1 Å². The number of piperidine rings is 1. The molecule has 0 saturated carbocycles. The number of hydrogen-bond donors (Lipinski definition) is 2. The monoisotopic (exact) mass is 471 g/mol. The second-order valence-electron chi connectivity index (χ2n) is 8.06. The zero-order chi connectivity index (χ0) is 22.5. The summed E-state index contributed by atoms with van der Waals surface area (Å²) in [5.41, 5.74) is 0.932. The Balaban J connectivity index is 1.67.